The van der Waals surface area contributed by atoms with E-state index >= 15 is 0 Å². The van der Waals surface area contributed by atoms with Crippen molar-refractivity contribution in [2.24, 2.45) is 0 Å². The zero-order chi connectivity index (χ0) is 27.0. The number of H-pyrrole nitrogens is 1. The predicted octanol–water partition coefficient (Wildman–Crippen LogP) is -4.13. The molecule has 2 rings (SSSR count). The topological polar surface area (TPSA) is 338 Å². The van der Waals surface area contributed by atoms with E-state index in [4.69, 9.17) is 67.6 Å². The number of nitrogens with zero attached hydrogens (tertiary/aromatic N) is 1. The fraction of sp³-hybridized carbons (Fsp3) is 0.636. The Hall–Kier alpha value is -1.11. The van der Waals surface area contributed by atoms with Crippen molar-refractivity contribution in [3.05, 3.63) is 32.6 Å². The van der Waals surface area contributed by atoms with Gasteiger partial charge in [0.05, 0.1) is 12.7 Å². The lowest BCUT2D eigenvalue weighted by atomic mass is 10.1. The molecule has 1 saturated heterocycles. The van der Waals surface area contributed by atoms with E-state index in [1.165, 1.54) is 10.8 Å². The van der Waals surface area contributed by atoms with Gasteiger partial charge in [-0.1, -0.05) is 0 Å². The van der Waals surface area contributed by atoms with Crippen LogP contribution in [0.5, 0.6) is 0 Å². The number of hydrogen-bond donors (Lipinski definition) is 12. The van der Waals surface area contributed by atoms with E-state index in [1.807, 2.05) is 0 Å². The van der Waals surface area contributed by atoms with E-state index in [0.717, 1.165) is 0 Å². The number of hydrogen-bond acceptors (Lipinski definition) is 8. The summed E-state index contributed by atoms with van der Waals surface area (Å²) in [6.07, 6.45) is -0.00895. The van der Waals surface area contributed by atoms with Crippen LogP contribution in [0.15, 0.2) is 15.8 Å². The highest BCUT2D eigenvalue weighted by molar-refractivity contribution is 7.45. The SMILES string of the molecule is Cc1cn([C@@]2(C)C[C@H](O)[C@@H](CO)O2)c(=O)[nH]c1=O.O=P(O)(O)O.O=P(O)(O)O.O=P(O)(O)O. The molecule has 2 heterocycles. The molecule has 0 aromatic carbocycles. The van der Waals surface area contributed by atoms with Gasteiger partial charge in [0.1, 0.15) is 11.8 Å². The van der Waals surface area contributed by atoms with Crippen LogP contribution in [0.4, 0.5) is 0 Å². The van der Waals surface area contributed by atoms with Gasteiger partial charge in [-0.2, -0.15) is 0 Å². The quantitative estimate of drug-likeness (QED) is 0.155. The second-order valence-electron chi connectivity index (χ2n) is 6.27. The molecule has 0 unspecified atom stereocenters. The Morgan fingerprint density at radius 1 is 1.00 bits per heavy atom. The maximum Gasteiger partial charge on any atom is 0.466 e. The Morgan fingerprint density at radius 2 is 1.36 bits per heavy atom. The molecule has 12 N–H and O–H groups in total. The van der Waals surface area contributed by atoms with Crippen LogP contribution in [0.2, 0.25) is 0 Å². The highest BCUT2D eigenvalue weighted by Crippen LogP contribution is 2.33. The molecule has 19 nitrogen and oxygen atoms in total. The number of nitrogens with one attached hydrogen (secondary N) is 1. The molecule has 1 aliphatic heterocycles. The standard InChI is InChI=1S/C11H16N2O5.3H3O4P/c1-6-4-13(10(17)12-9(6)16)11(2)3-7(15)8(5-14)18-11;3*1-5(2,3)4/h4,7-8,14-15H,3,5H2,1-2H3,(H,12,16,17);3*(H3,1,2,3,4)/t7-,8+,11+;;;/m0.../s1. The van der Waals surface area contributed by atoms with Crippen molar-refractivity contribution in [1.82, 2.24) is 9.55 Å². The molecule has 0 amide bonds. The molecule has 33 heavy (non-hydrogen) atoms. The number of phosphoric acid groups is 3. The van der Waals surface area contributed by atoms with Crippen LogP contribution in [-0.2, 0) is 24.2 Å². The molecule has 3 atom stereocenters. The van der Waals surface area contributed by atoms with Crippen LogP contribution in [0.25, 0.3) is 0 Å². The molecule has 0 saturated carbocycles. The molecule has 1 fully saturated rings. The largest absolute Gasteiger partial charge is 0.466 e. The lowest BCUT2D eigenvalue weighted by molar-refractivity contribution is -0.108. The Morgan fingerprint density at radius 3 is 1.67 bits per heavy atom. The van der Waals surface area contributed by atoms with E-state index in [-0.39, 0.29) is 13.0 Å². The maximum atomic E-state index is 11.8. The third kappa shape index (κ3) is 18.9. The third-order valence-corrected chi connectivity index (χ3v) is 3.23. The summed E-state index contributed by atoms with van der Waals surface area (Å²) >= 11 is 0. The number of aromatic amines is 1. The second-order valence-corrected chi connectivity index (χ2v) is 9.35. The Balaban J connectivity index is 0. The molecule has 22 heteroatoms. The normalized spacial score (nSPS) is 22.7. The zero-order valence-corrected chi connectivity index (χ0v) is 19.5. The van der Waals surface area contributed by atoms with E-state index in [2.05, 4.69) is 4.98 Å². The van der Waals surface area contributed by atoms with Crippen molar-refractivity contribution in [2.45, 2.75) is 38.2 Å². The van der Waals surface area contributed by atoms with Gasteiger partial charge in [-0.15, -0.1) is 0 Å². The van der Waals surface area contributed by atoms with Gasteiger partial charge in [0.15, 0.2) is 0 Å². The first kappa shape index (κ1) is 34.1. The van der Waals surface area contributed by atoms with E-state index in [0.29, 0.717) is 5.56 Å². The zero-order valence-electron chi connectivity index (χ0n) is 16.8. The summed E-state index contributed by atoms with van der Waals surface area (Å²) in [5.74, 6) is 0. The highest BCUT2D eigenvalue weighted by Gasteiger charge is 2.44. The van der Waals surface area contributed by atoms with Crippen LogP contribution in [0, 0.1) is 6.92 Å². The summed E-state index contributed by atoms with van der Waals surface area (Å²) in [7, 11) is -13.9. The molecule has 1 aromatic heterocycles. The van der Waals surface area contributed by atoms with Crippen LogP contribution < -0.4 is 11.2 Å². The minimum absolute atomic E-state index is 0.170. The molecule has 0 bridgehead atoms. The smallest absolute Gasteiger partial charge is 0.394 e. The maximum absolute atomic E-state index is 11.8. The van der Waals surface area contributed by atoms with Crippen molar-refractivity contribution in [3.8, 4) is 0 Å². The van der Waals surface area contributed by atoms with Gasteiger partial charge in [0.25, 0.3) is 5.56 Å². The second kappa shape index (κ2) is 13.1. The molecule has 1 aromatic rings. The average molecular weight is 550 g/mol. The van der Waals surface area contributed by atoms with Crippen molar-refractivity contribution >= 4 is 23.5 Å². The molecule has 1 aliphatic rings. The summed E-state index contributed by atoms with van der Waals surface area (Å²) in [4.78, 5) is 89.9. The van der Waals surface area contributed by atoms with Gasteiger partial charge in [-0.3, -0.25) is 14.3 Å². The van der Waals surface area contributed by atoms with Gasteiger partial charge in [0.2, 0.25) is 0 Å². The predicted molar refractivity (Wildman–Crippen MR) is 105 cm³/mol. The van der Waals surface area contributed by atoms with E-state index in [9.17, 15) is 14.7 Å². The summed E-state index contributed by atoms with van der Waals surface area (Å²) < 4.78 is 33.4. The van der Waals surface area contributed by atoms with Crippen LogP contribution in [0.1, 0.15) is 18.9 Å². The van der Waals surface area contributed by atoms with Gasteiger partial charge in [-0.25, -0.2) is 18.5 Å². The fourth-order valence-corrected chi connectivity index (χ4v) is 2.20. The molecular formula is C11H25N2O17P3. The number of aromatic nitrogens is 2. The number of rotatable bonds is 2. The third-order valence-electron chi connectivity index (χ3n) is 3.23. The highest BCUT2D eigenvalue weighted by atomic mass is 31.2. The van der Waals surface area contributed by atoms with Crippen LogP contribution in [-0.4, -0.2) is 82.6 Å². The lowest BCUT2D eigenvalue weighted by Gasteiger charge is -2.26. The lowest BCUT2D eigenvalue weighted by Crippen LogP contribution is -2.43. The van der Waals surface area contributed by atoms with Gasteiger partial charge < -0.3 is 59.0 Å². The fourth-order valence-electron chi connectivity index (χ4n) is 2.20. The van der Waals surface area contributed by atoms with Crippen molar-refractivity contribution in [1.29, 1.82) is 0 Å². The first-order chi connectivity index (χ1) is 14.4. The Labute approximate surface area is 183 Å². The summed E-state index contributed by atoms with van der Waals surface area (Å²) in [5, 5.41) is 18.8. The molecule has 0 aliphatic carbocycles. The van der Waals surface area contributed by atoms with Crippen molar-refractivity contribution in [2.75, 3.05) is 6.61 Å². The van der Waals surface area contributed by atoms with Gasteiger partial charge >= 0.3 is 29.2 Å². The van der Waals surface area contributed by atoms with Crippen LogP contribution in [0.3, 0.4) is 0 Å². The number of aryl methyl sites for hydroxylation is 1. The Kier molecular flexibility index (Phi) is 13.5. The average Bonchev–Trinajstić information content (AvgIpc) is 2.81. The molecular weight excluding hydrogens is 525 g/mol. The first-order valence-electron chi connectivity index (χ1n) is 8.02. The summed E-state index contributed by atoms with van der Waals surface area (Å²) in [6.45, 7) is 2.88. The monoisotopic (exact) mass is 550 g/mol. The molecule has 0 spiro atoms. The van der Waals surface area contributed by atoms with Crippen LogP contribution >= 0.6 is 23.5 Å². The number of aliphatic hydroxyl groups is 2. The van der Waals surface area contributed by atoms with Gasteiger partial charge in [0, 0.05) is 18.2 Å². The van der Waals surface area contributed by atoms with Crippen molar-refractivity contribution in [3.63, 3.8) is 0 Å². The van der Waals surface area contributed by atoms with E-state index in [1.54, 1.807) is 13.8 Å². The number of ether oxygens (including phenoxy) is 1. The Bertz CT molecular complexity index is 932. The summed E-state index contributed by atoms with van der Waals surface area (Å²) in [5.41, 5.74) is -1.74. The van der Waals surface area contributed by atoms with E-state index < -0.39 is 52.7 Å². The van der Waals surface area contributed by atoms with Gasteiger partial charge in [-0.05, 0) is 13.8 Å². The first-order valence-corrected chi connectivity index (χ1v) is 12.7. The minimum Gasteiger partial charge on any atom is -0.394 e. The minimum atomic E-state index is -4.64. The molecule has 0 radical (unpaired) electrons. The van der Waals surface area contributed by atoms with Crippen molar-refractivity contribution < 1.29 is 72.7 Å². The molecule has 196 valence electrons. The summed E-state index contributed by atoms with van der Waals surface area (Å²) in [6, 6.07) is 0. The number of aliphatic hydroxyl groups excluding tert-OH is 2.